The minimum atomic E-state index is -2.06. The van der Waals surface area contributed by atoms with Gasteiger partial charge in [-0.25, -0.2) is 9.78 Å². The summed E-state index contributed by atoms with van der Waals surface area (Å²) in [5, 5.41) is 108. The zero-order chi connectivity index (χ0) is 110. The Morgan fingerprint density at radius 2 is 0.646 bits per heavy atom. The molecule has 0 aliphatic rings. The van der Waals surface area contributed by atoms with Gasteiger partial charge < -0.3 is 149 Å². The quantitative estimate of drug-likeness (QED) is 0.0183. The van der Waals surface area contributed by atoms with Crippen molar-refractivity contribution in [1.82, 2.24) is 95.0 Å². The van der Waals surface area contributed by atoms with Crippen molar-refractivity contribution in [3.63, 3.8) is 0 Å². The fraction of sp³-hybridized carbons (Fsp3) is 0.537. The number of aromatic nitrogens is 2. The first-order chi connectivity index (χ1) is 69.2. The number of nitrogens with zero attached hydrogens (tertiary/aromatic N) is 1. The van der Waals surface area contributed by atoms with Crippen LogP contribution in [0.15, 0.2) is 97.5 Å². The molecule has 0 radical (unpaired) electrons. The Labute approximate surface area is 845 Å². The standard InChI is InChI=1S/C95H138N22O30/c1-47(2)34-62(86(137)108-64(36-49(5)6)88(139)116-71(45-118)94(145)113-66(38-53-20-14-11-15-21-53)91(142)115-69(42-73(99)121)85(136)102-51(9)79(130)117-78(50(7)8)95(146)147)110-92(143)68(40-55-44-100-46-101-55)114-90(141)67(39-54-23-25-56(119)26-24-54)112-87(138)63(35-48(3)4)109-89(140)65(37-52-18-12-10-13-19-52)111-84(135)59(27-30-72(98)120)104-83(134)60(28-31-74(122)123)105-81(132)58(22-16-17-33-96)103-82(133)61(29-32-75(124)125)106-93(144)70(43-77(128)129)107-80(131)57(97)41-76(126)127/h10-15,18-21,23-26,44,46-51,57-71,78,118-119H,16-17,22,27-43,45,96-97H2,1-9H3,(H2,98,120)(H2,99,121)(H,100,101)(H,102,136)(H,103,133)(H,104,134)(H,105,132)(H,106,144)(H,107,131)(H,108,137)(H,109,140)(H,110,143)(H,111,135)(H,112,138)(H,113,145)(H,114,141)(H,115,142)(H,116,139)(H,117,130)(H,122,123)(H,124,125)(H,126,127)(H,128,129)(H,146,147)/t51-,57-,58-,59-,60-,61-,62-,63-,64-,65-,66-,67-,68-,69-,70-,71-,78-/m0/s1. The Hall–Kier alpha value is -15.6. The van der Waals surface area contributed by atoms with Gasteiger partial charge in [-0.15, -0.1) is 0 Å². The topological polar surface area (TPSA) is 859 Å². The largest absolute Gasteiger partial charge is 0.508 e. The smallest absolute Gasteiger partial charge is 0.326 e. The van der Waals surface area contributed by atoms with Crippen LogP contribution in [0.4, 0.5) is 0 Å². The SMILES string of the molecule is CC(C)C[C@H](NC(=O)[C@H](CC(C)C)NC(=O)[C@H](Cc1cnc[nH]1)NC(=O)[C@H](Cc1ccc(O)cc1)NC(=O)[C@H](CC(C)C)NC(=O)[C@H](Cc1ccccc1)NC(=O)[C@H](CCC(N)=O)NC(=O)[C@H](CCC(=O)O)NC(=O)[C@H](CCCCN)NC(=O)[C@H](CCC(=O)O)NC(=O)[C@H](CC(=O)O)NC(=O)[C@@H](N)CC(=O)O)C(=O)N[C@@H](CO)C(=O)N[C@@H](Cc1ccccc1)C(=O)N[C@@H](CC(N)=O)C(=O)N[C@@H](C)C(=O)N[C@H](C(=O)O)C(C)C. The first-order valence-corrected chi connectivity index (χ1v) is 47.6. The van der Waals surface area contributed by atoms with E-state index in [9.17, 15) is 122 Å². The molecule has 4 aromatic rings. The van der Waals surface area contributed by atoms with Crippen LogP contribution in [-0.2, 0) is 136 Å². The van der Waals surface area contributed by atoms with Crippen molar-refractivity contribution in [2.75, 3.05) is 13.2 Å². The number of aromatic amines is 1. The number of phenols is 1. The molecule has 0 aliphatic carbocycles. The van der Waals surface area contributed by atoms with Gasteiger partial charge in [0, 0.05) is 56.8 Å². The average Bonchev–Trinajstić information content (AvgIpc) is 1.48. The summed E-state index contributed by atoms with van der Waals surface area (Å²) in [4.78, 5) is 322. The molecule has 0 spiro atoms. The number of H-pyrrole nitrogens is 1. The van der Waals surface area contributed by atoms with Gasteiger partial charge in [0.25, 0.3) is 0 Å². The monoisotopic (exact) mass is 2070 g/mol. The van der Waals surface area contributed by atoms with Crippen LogP contribution in [-0.4, -0.2) is 298 Å². The highest BCUT2D eigenvalue weighted by molar-refractivity contribution is 6.03. The number of benzene rings is 3. The number of rotatable bonds is 68. The molecular weight excluding hydrogens is 1930 g/mol. The summed E-state index contributed by atoms with van der Waals surface area (Å²) >= 11 is 0. The minimum Gasteiger partial charge on any atom is -0.508 e. The van der Waals surface area contributed by atoms with E-state index in [1.165, 1.54) is 57.6 Å². The zero-order valence-corrected chi connectivity index (χ0v) is 83.0. The number of phenolic OH excluding ortho intramolecular Hbond substituents is 1. The number of hydrogen-bond donors (Lipinski definition) is 28. The van der Waals surface area contributed by atoms with Crippen molar-refractivity contribution >= 4 is 136 Å². The number of unbranched alkanes of at least 4 members (excludes halogenated alkanes) is 1. The molecule has 4 rings (SSSR count). The number of nitrogens with two attached hydrogens (primary N) is 4. The fourth-order valence-electron chi connectivity index (χ4n) is 14.8. The highest BCUT2D eigenvalue weighted by atomic mass is 16.4. The number of carboxylic acid groups (broad SMARTS) is 5. The summed E-state index contributed by atoms with van der Waals surface area (Å²) in [7, 11) is 0. The summed E-state index contributed by atoms with van der Waals surface area (Å²) < 4.78 is 0. The molecule has 3 aromatic carbocycles. The Morgan fingerprint density at radius 1 is 0.327 bits per heavy atom. The maximum absolute atomic E-state index is 15.3. The van der Waals surface area contributed by atoms with Crippen LogP contribution >= 0.6 is 0 Å². The number of aliphatic hydroxyl groups excluding tert-OH is 1. The van der Waals surface area contributed by atoms with Crippen LogP contribution in [0.25, 0.3) is 0 Å². The lowest BCUT2D eigenvalue weighted by Gasteiger charge is -2.29. The van der Waals surface area contributed by atoms with Gasteiger partial charge in [0.2, 0.25) is 106 Å². The number of carbonyl (C=O) groups is 23. The molecule has 0 unspecified atom stereocenters. The normalized spacial score (nSPS) is 14.6. The van der Waals surface area contributed by atoms with Crippen molar-refractivity contribution in [3.05, 3.63) is 120 Å². The summed E-state index contributed by atoms with van der Waals surface area (Å²) in [5.74, 6) is -30.3. The van der Waals surface area contributed by atoms with Gasteiger partial charge in [-0.3, -0.25) is 105 Å². The predicted octanol–water partition coefficient (Wildman–Crippen LogP) is -5.69. The molecule has 18 amide bonds. The minimum absolute atomic E-state index is 0.0131. The lowest BCUT2D eigenvalue weighted by Crippen LogP contribution is -2.62. The summed E-state index contributed by atoms with van der Waals surface area (Å²) in [6, 6.07) is -8.24. The lowest BCUT2D eigenvalue weighted by atomic mass is 9.98. The van der Waals surface area contributed by atoms with E-state index in [0.717, 1.165) is 0 Å². The number of carboxylic acids is 5. The second kappa shape index (κ2) is 62.8. The molecule has 0 saturated carbocycles. The summed E-state index contributed by atoms with van der Waals surface area (Å²) in [6.07, 6.45) is -7.18. The highest BCUT2D eigenvalue weighted by Gasteiger charge is 2.42. The third-order valence-electron chi connectivity index (χ3n) is 22.5. The lowest BCUT2D eigenvalue weighted by molar-refractivity contribution is -0.143. The molecule has 0 aliphatic heterocycles. The van der Waals surface area contributed by atoms with Crippen LogP contribution in [0, 0.1) is 23.7 Å². The Balaban J connectivity index is 1.71. The molecule has 0 fully saturated rings. The fourth-order valence-corrected chi connectivity index (χ4v) is 14.8. The number of hydrogen-bond acceptors (Lipinski definition) is 28. The van der Waals surface area contributed by atoms with E-state index in [2.05, 4.69) is 89.7 Å². The molecule has 52 heteroatoms. The van der Waals surface area contributed by atoms with Gasteiger partial charge in [-0.05, 0) is 124 Å². The molecule has 0 bridgehead atoms. The summed E-state index contributed by atoms with van der Waals surface area (Å²) in [6.45, 7) is 13.2. The van der Waals surface area contributed by atoms with E-state index in [0.29, 0.717) is 16.7 Å². The molecule has 1 heterocycles. The molecule has 0 saturated heterocycles. The third kappa shape index (κ3) is 46.3. The number of aliphatic carboxylic acids is 5. The van der Waals surface area contributed by atoms with Crippen molar-refractivity contribution in [3.8, 4) is 5.75 Å². The number of primary amides is 2. The van der Waals surface area contributed by atoms with Crippen molar-refractivity contribution < 1.29 is 146 Å². The van der Waals surface area contributed by atoms with Gasteiger partial charge in [0.05, 0.1) is 38.2 Å². The van der Waals surface area contributed by atoms with Crippen LogP contribution in [0.5, 0.6) is 5.75 Å². The average molecular weight is 2070 g/mol. The first-order valence-electron chi connectivity index (χ1n) is 47.6. The molecule has 32 N–H and O–H groups in total. The van der Waals surface area contributed by atoms with Crippen LogP contribution in [0.1, 0.15) is 181 Å². The zero-order valence-electron chi connectivity index (χ0n) is 83.0. The second-order valence-electron chi connectivity index (χ2n) is 36.9. The van der Waals surface area contributed by atoms with Gasteiger partial charge >= 0.3 is 29.8 Å². The number of nitrogens with one attached hydrogen (secondary N) is 17. The molecule has 17 atom stereocenters. The number of carbonyl (C=O) groups excluding carboxylic acids is 18. The van der Waals surface area contributed by atoms with E-state index in [1.807, 2.05) is 5.32 Å². The van der Waals surface area contributed by atoms with Crippen molar-refractivity contribution in [2.45, 2.75) is 287 Å². The van der Waals surface area contributed by atoms with Crippen molar-refractivity contribution in [1.29, 1.82) is 0 Å². The van der Waals surface area contributed by atoms with E-state index in [1.54, 1.807) is 102 Å². The maximum Gasteiger partial charge on any atom is 0.326 e. The first kappa shape index (κ1) is 124. The maximum atomic E-state index is 15.3. The number of imidazole rings is 1. The van der Waals surface area contributed by atoms with Gasteiger partial charge in [0.15, 0.2) is 0 Å². The van der Waals surface area contributed by atoms with Crippen LogP contribution in [0.2, 0.25) is 0 Å². The van der Waals surface area contributed by atoms with Crippen LogP contribution < -0.4 is 108 Å². The predicted molar refractivity (Wildman–Crippen MR) is 520 cm³/mol. The summed E-state index contributed by atoms with van der Waals surface area (Å²) in [5.41, 5.74) is 23.7. The van der Waals surface area contributed by atoms with E-state index in [-0.39, 0.29) is 69.4 Å². The molecule has 1 aromatic heterocycles. The molecule has 52 nitrogen and oxygen atoms in total. The highest BCUT2D eigenvalue weighted by Crippen LogP contribution is 2.19. The number of aromatic hydroxyl groups is 1. The van der Waals surface area contributed by atoms with Gasteiger partial charge in [-0.2, -0.15) is 0 Å². The van der Waals surface area contributed by atoms with Crippen molar-refractivity contribution in [2.24, 2.45) is 46.6 Å². The third-order valence-corrected chi connectivity index (χ3v) is 22.5. The van der Waals surface area contributed by atoms with Gasteiger partial charge in [-0.1, -0.05) is 128 Å². The van der Waals surface area contributed by atoms with E-state index >= 15 is 19.2 Å². The van der Waals surface area contributed by atoms with Crippen LogP contribution in [0.3, 0.4) is 0 Å². The van der Waals surface area contributed by atoms with E-state index < -0.39 is 340 Å². The Morgan fingerprint density at radius 3 is 0.993 bits per heavy atom. The molecule has 808 valence electrons. The Kier molecular flexibility index (Phi) is 52.8. The molecular formula is C95H138N22O30. The molecule has 147 heavy (non-hydrogen) atoms. The number of amides is 18. The van der Waals surface area contributed by atoms with Gasteiger partial charge in [0.1, 0.15) is 102 Å². The number of aliphatic hydroxyl groups is 1. The van der Waals surface area contributed by atoms with E-state index in [4.69, 9.17) is 28.0 Å². The Bertz CT molecular complexity index is 5170. The second-order valence-corrected chi connectivity index (χ2v) is 36.9.